The Morgan fingerprint density at radius 3 is 2.54 bits per heavy atom. The van der Waals surface area contributed by atoms with Crippen molar-refractivity contribution in [1.29, 1.82) is 0 Å². The minimum Gasteiger partial charge on any atom is -0.340 e. The molecule has 4 aromatic rings. The fraction of sp³-hybridized carbons (Fsp3) is 0.136. The summed E-state index contributed by atoms with van der Waals surface area (Å²) < 4.78 is 2.13. The van der Waals surface area contributed by atoms with Crippen LogP contribution in [0.2, 0.25) is 0 Å². The first-order valence-electron chi connectivity index (χ1n) is 8.62. The summed E-state index contributed by atoms with van der Waals surface area (Å²) in [5, 5.41) is 3.23. The molecule has 4 heteroatoms. The van der Waals surface area contributed by atoms with Crippen LogP contribution in [0.1, 0.15) is 5.56 Å². The van der Waals surface area contributed by atoms with Crippen molar-refractivity contribution in [3.05, 3.63) is 83.7 Å². The Bertz CT molecular complexity index is 1020. The van der Waals surface area contributed by atoms with Gasteiger partial charge in [0.2, 0.25) is 5.91 Å². The van der Waals surface area contributed by atoms with Crippen LogP contribution in [-0.2, 0) is 17.9 Å². The van der Waals surface area contributed by atoms with Crippen molar-refractivity contribution < 1.29 is 4.79 Å². The fourth-order valence-corrected chi connectivity index (χ4v) is 3.96. The first-order valence-corrected chi connectivity index (χ1v) is 9.50. The number of rotatable bonds is 5. The van der Waals surface area contributed by atoms with E-state index in [1.165, 1.54) is 4.88 Å². The molecule has 0 unspecified atom stereocenters. The summed E-state index contributed by atoms with van der Waals surface area (Å²) in [5.41, 5.74) is 3.33. The first kappa shape index (κ1) is 16.6. The molecule has 26 heavy (non-hydrogen) atoms. The van der Waals surface area contributed by atoms with Gasteiger partial charge in [0.15, 0.2) is 0 Å². The molecule has 0 saturated heterocycles. The number of para-hydroxylation sites is 1. The molecule has 0 radical (unpaired) electrons. The highest BCUT2D eigenvalue weighted by Gasteiger charge is 2.16. The molecule has 4 rings (SSSR count). The van der Waals surface area contributed by atoms with Gasteiger partial charge >= 0.3 is 0 Å². The zero-order valence-corrected chi connectivity index (χ0v) is 15.4. The molecule has 2 aromatic heterocycles. The molecule has 2 aromatic carbocycles. The minimum absolute atomic E-state index is 0.105. The lowest BCUT2D eigenvalue weighted by Gasteiger charge is -2.19. The lowest BCUT2D eigenvalue weighted by atomic mass is 10.2. The largest absolute Gasteiger partial charge is 0.340 e. The smallest absolute Gasteiger partial charge is 0.242 e. The Hall–Kier alpha value is -2.85. The number of hydrogen-bond acceptors (Lipinski definition) is 2. The highest BCUT2D eigenvalue weighted by atomic mass is 32.1. The number of fused-ring (bicyclic) bond motifs is 1. The highest BCUT2D eigenvalue weighted by molar-refractivity contribution is 7.13. The SMILES string of the molecule is CN(Cc1ccccc1)C(=O)Cn1c(-c2cccs2)cc2ccccc21. The van der Waals surface area contributed by atoms with E-state index >= 15 is 0 Å². The topological polar surface area (TPSA) is 25.2 Å². The average molecular weight is 360 g/mol. The van der Waals surface area contributed by atoms with Crippen molar-refractivity contribution in [2.75, 3.05) is 7.05 Å². The van der Waals surface area contributed by atoms with E-state index in [1.807, 2.05) is 55.6 Å². The quantitative estimate of drug-likeness (QED) is 0.490. The van der Waals surface area contributed by atoms with Crippen LogP contribution in [0.5, 0.6) is 0 Å². The highest BCUT2D eigenvalue weighted by Crippen LogP contribution is 2.31. The molecule has 0 bridgehead atoms. The number of carbonyl (C=O) groups excluding carboxylic acids is 1. The van der Waals surface area contributed by atoms with Gasteiger partial charge in [-0.2, -0.15) is 0 Å². The van der Waals surface area contributed by atoms with Gasteiger partial charge in [-0.05, 0) is 29.1 Å². The summed E-state index contributed by atoms with van der Waals surface area (Å²) in [7, 11) is 1.87. The Morgan fingerprint density at radius 1 is 1.00 bits per heavy atom. The van der Waals surface area contributed by atoms with Crippen LogP contribution in [-0.4, -0.2) is 22.4 Å². The molecule has 0 aliphatic heterocycles. The van der Waals surface area contributed by atoms with Crippen LogP contribution in [0.3, 0.4) is 0 Å². The van der Waals surface area contributed by atoms with E-state index in [1.54, 1.807) is 16.2 Å². The lowest BCUT2D eigenvalue weighted by Crippen LogP contribution is -2.29. The molecule has 0 aliphatic carbocycles. The minimum atomic E-state index is 0.105. The molecule has 0 aliphatic rings. The van der Waals surface area contributed by atoms with E-state index < -0.39 is 0 Å². The molecule has 0 atom stereocenters. The summed E-state index contributed by atoms with van der Waals surface area (Å²) in [4.78, 5) is 15.9. The number of hydrogen-bond donors (Lipinski definition) is 0. The number of aromatic nitrogens is 1. The van der Waals surface area contributed by atoms with Gasteiger partial charge in [-0.3, -0.25) is 4.79 Å². The monoisotopic (exact) mass is 360 g/mol. The van der Waals surface area contributed by atoms with Gasteiger partial charge in [0.25, 0.3) is 0 Å². The van der Waals surface area contributed by atoms with E-state index in [0.29, 0.717) is 13.1 Å². The standard InChI is InChI=1S/C22H20N2OS/c1-23(15-17-8-3-2-4-9-17)22(25)16-24-19-11-6-5-10-18(19)14-20(24)21-12-7-13-26-21/h2-14H,15-16H2,1H3. The predicted octanol–water partition coefficient (Wildman–Crippen LogP) is 5.03. The van der Waals surface area contributed by atoms with Crippen LogP contribution < -0.4 is 0 Å². The Balaban J connectivity index is 1.64. The van der Waals surface area contributed by atoms with Crippen molar-refractivity contribution in [2.45, 2.75) is 13.1 Å². The first-order chi connectivity index (χ1) is 12.7. The van der Waals surface area contributed by atoms with Gasteiger partial charge in [0.1, 0.15) is 6.54 Å². The van der Waals surface area contributed by atoms with Crippen molar-refractivity contribution in [1.82, 2.24) is 9.47 Å². The Kier molecular flexibility index (Phi) is 4.59. The molecular formula is C22H20N2OS. The molecule has 0 fully saturated rings. The zero-order valence-electron chi connectivity index (χ0n) is 14.6. The summed E-state index contributed by atoms with van der Waals surface area (Å²) in [6, 6.07) is 24.7. The van der Waals surface area contributed by atoms with Gasteiger partial charge in [-0.15, -0.1) is 11.3 Å². The number of carbonyl (C=O) groups is 1. The van der Waals surface area contributed by atoms with Crippen LogP contribution >= 0.6 is 11.3 Å². The summed E-state index contributed by atoms with van der Waals surface area (Å²) >= 11 is 1.70. The number of likely N-dealkylation sites (N-methyl/N-ethyl adjacent to an activating group) is 1. The zero-order chi connectivity index (χ0) is 17.9. The summed E-state index contributed by atoms with van der Waals surface area (Å²) in [6.07, 6.45) is 0. The number of amides is 1. The molecule has 0 N–H and O–H groups in total. The molecular weight excluding hydrogens is 340 g/mol. The molecule has 0 saturated carbocycles. The van der Waals surface area contributed by atoms with Crippen LogP contribution in [0.25, 0.3) is 21.5 Å². The normalized spacial score (nSPS) is 11.0. The maximum Gasteiger partial charge on any atom is 0.242 e. The number of benzene rings is 2. The molecule has 1 amide bonds. The molecule has 0 spiro atoms. The van der Waals surface area contributed by atoms with E-state index in [0.717, 1.165) is 22.2 Å². The third-order valence-corrected chi connectivity index (χ3v) is 5.46. The summed E-state index contributed by atoms with van der Waals surface area (Å²) in [6.45, 7) is 0.956. The maximum absolute atomic E-state index is 12.9. The van der Waals surface area contributed by atoms with Crippen LogP contribution in [0, 0.1) is 0 Å². The van der Waals surface area contributed by atoms with Gasteiger partial charge < -0.3 is 9.47 Å². The molecule has 2 heterocycles. The van der Waals surface area contributed by atoms with Gasteiger partial charge in [0, 0.05) is 24.5 Å². The number of nitrogens with zero attached hydrogens (tertiary/aromatic N) is 2. The van der Waals surface area contributed by atoms with Crippen LogP contribution in [0.15, 0.2) is 78.2 Å². The fourth-order valence-electron chi connectivity index (χ4n) is 3.21. The number of thiophene rings is 1. The predicted molar refractivity (Wildman–Crippen MR) is 108 cm³/mol. The summed E-state index contributed by atoms with van der Waals surface area (Å²) in [5.74, 6) is 0.105. The van der Waals surface area contributed by atoms with E-state index in [9.17, 15) is 4.79 Å². The Labute approximate surface area is 157 Å². The van der Waals surface area contributed by atoms with Crippen molar-refractivity contribution >= 4 is 28.1 Å². The second-order valence-corrected chi connectivity index (χ2v) is 7.33. The third kappa shape index (κ3) is 3.28. The van der Waals surface area contributed by atoms with Gasteiger partial charge in [-0.25, -0.2) is 0 Å². The average Bonchev–Trinajstić information content (AvgIpc) is 3.31. The van der Waals surface area contributed by atoms with Crippen molar-refractivity contribution in [2.24, 2.45) is 0 Å². The maximum atomic E-state index is 12.9. The second-order valence-electron chi connectivity index (χ2n) is 6.39. The van der Waals surface area contributed by atoms with Gasteiger partial charge in [-0.1, -0.05) is 54.6 Å². The van der Waals surface area contributed by atoms with Crippen molar-refractivity contribution in [3.8, 4) is 10.6 Å². The van der Waals surface area contributed by atoms with Crippen molar-refractivity contribution in [3.63, 3.8) is 0 Å². The van der Waals surface area contributed by atoms with Crippen LogP contribution in [0.4, 0.5) is 0 Å². The van der Waals surface area contributed by atoms with E-state index in [4.69, 9.17) is 0 Å². The van der Waals surface area contributed by atoms with E-state index in [2.05, 4.69) is 34.2 Å². The third-order valence-electron chi connectivity index (χ3n) is 4.57. The molecule has 3 nitrogen and oxygen atoms in total. The van der Waals surface area contributed by atoms with E-state index in [-0.39, 0.29) is 5.91 Å². The van der Waals surface area contributed by atoms with Gasteiger partial charge in [0.05, 0.1) is 10.6 Å². The second kappa shape index (κ2) is 7.18. The molecule has 130 valence electrons. The lowest BCUT2D eigenvalue weighted by molar-refractivity contribution is -0.130. The Morgan fingerprint density at radius 2 is 1.77 bits per heavy atom.